The van der Waals surface area contributed by atoms with Crippen molar-refractivity contribution < 1.29 is 9.21 Å². The molecule has 0 saturated heterocycles. The van der Waals surface area contributed by atoms with Crippen molar-refractivity contribution in [1.82, 2.24) is 5.43 Å². The molecular formula is C13H12ClN3O2. The number of rotatable bonds is 5. The predicted octanol–water partition coefficient (Wildman–Crippen LogP) is 2.50. The van der Waals surface area contributed by atoms with Crippen LogP contribution in [0, 0.1) is 0 Å². The molecule has 0 radical (unpaired) electrons. The largest absolute Gasteiger partial charge is 0.463 e. The summed E-state index contributed by atoms with van der Waals surface area (Å²) in [6.45, 7) is 0.107. The van der Waals surface area contributed by atoms with Gasteiger partial charge in [-0.25, -0.2) is 5.43 Å². The molecule has 5 nitrogen and oxygen atoms in total. The Kier molecular flexibility index (Phi) is 4.58. The molecule has 0 atom stereocenters. The van der Waals surface area contributed by atoms with Gasteiger partial charge in [-0.05, 0) is 30.3 Å². The number of amides is 1. The topological polar surface area (TPSA) is 66.6 Å². The van der Waals surface area contributed by atoms with Crippen LogP contribution >= 0.6 is 11.6 Å². The summed E-state index contributed by atoms with van der Waals surface area (Å²) in [7, 11) is 0. The summed E-state index contributed by atoms with van der Waals surface area (Å²) in [5.74, 6) is 0.311. The Labute approximate surface area is 115 Å². The fourth-order valence-corrected chi connectivity index (χ4v) is 1.54. The van der Waals surface area contributed by atoms with Crippen LogP contribution < -0.4 is 10.7 Å². The maximum Gasteiger partial charge on any atom is 0.259 e. The average Bonchev–Trinajstić information content (AvgIpc) is 2.90. The van der Waals surface area contributed by atoms with Gasteiger partial charge < -0.3 is 9.73 Å². The second kappa shape index (κ2) is 6.61. The number of nitrogens with zero attached hydrogens (tertiary/aromatic N) is 1. The molecule has 0 spiro atoms. The highest BCUT2D eigenvalue weighted by molar-refractivity contribution is 6.30. The van der Waals surface area contributed by atoms with E-state index in [1.165, 1.54) is 12.5 Å². The quantitative estimate of drug-likeness (QED) is 0.652. The number of benzene rings is 1. The molecule has 1 amide bonds. The fraction of sp³-hybridized carbons (Fsp3) is 0.0769. The van der Waals surface area contributed by atoms with Gasteiger partial charge in [0.2, 0.25) is 0 Å². The van der Waals surface area contributed by atoms with Crippen LogP contribution in [0.15, 0.2) is 52.2 Å². The minimum atomic E-state index is -0.261. The molecule has 2 N–H and O–H groups in total. The third-order valence-electron chi connectivity index (χ3n) is 2.20. The van der Waals surface area contributed by atoms with Gasteiger partial charge in [-0.2, -0.15) is 5.10 Å². The van der Waals surface area contributed by atoms with E-state index in [-0.39, 0.29) is 12.5 Å². The molecular weight excluding hydrogens is 266 g/mol. The average molecular weight is 278 g/mol. The summed E-state index contributed by atoms with van der Waals surface area (Å²) in [6.07, 6.45) is 2.96. The van der Waals surface area contributed by atoms with E-state index in [1.807, 2.05) is 6.07 Å². The zero-order valence-corrected chi connectivity index (χ0v) is 10.7. The maximum atomic E-state index is 11.5. The first kappa shape index (κ1) is 13.2. The fourth-order valence-electron chi connectivity index (χ4n) is 1.35. The lowest BCUT2D eigenvalue weighted by atomic mass is 10.3. The second-order valence-corrected chi connectivity index (χ2v) is 4.11. The van der Waals surface area contributed by atoms with Gasteiger partial charge in [-0.15, -0.1) is 0 Å². The number of nitrogens with one attached hydrogen (secondary N) is 2. The lowest BCUT2D eigenvalue weighted by Crippen LogP contribution is -2.25. The van der Waals surface area contributed by atoms with Crippen LogP contribution in [-0.4, -0.2) is 18.7 Å². The van der Waals surface area contributed by atoms with Gasteiger partial charge in [0.15, 0.2) is 0 Å². The van der Waals surface area contributed by atoms with Crippen LogP contribution in [0.4, 0.5) is 5.69 Å². The van der Waals surface area contributed by atoms with Gasteiger partial charge in [0.1, 0.15) is 5.76 Å². The molecule has 98 valence electrons. The molecule has 1 aromatic heterocycles. The van der Waals surface area contributed by atoms with Gasteiger partial charge in [0.05, 0.1) is 19.0 Å². The minimum Gasteiger partial charge on any atom is -0.463 e. The van der Waals surface area contributed by atoms with Gasteiger partial charge in [-0.3, -0.25) is 4.79 Å². The highest BCUT2D eigenvalue weighted by Gasteiger charge is 1.99. The number of hydrogen-bond donors (Lipinski definition) is 2. The molecule has 2 rings (SSSR count). The van der Waals surface area contributed by atoms with E-state index < -0.39 is 0 Å². The molecule has 0 aliphatic rings. The highest BCUT2D eigenvalue weighted by atomic mass is 35.5. The van der Waals surface area contributed by atoms with Crippen molar-refractivity contribution in [3.05, 3.63) is 53.4 Å². The smallest absolute Gasteiger partial charge is 0.259 e. The third-order valence-corrected chi connectivity index (χ3v) is 2.44. The van der Waals surface area contributed by atoms with E-state index >= 15 is 0 Å². The van der Waals surface area contributed by atoms with E-state index in [0.29, 0.717) is 10.8 Å². The molecule has 2 aromatic rings. The molecule has 19 heavy (non-hydrogen) atoms. The van der Waals surface area contributed by atoms with Crippen LogP contribution in [0.5, 0.6) is 0 Å². The first-order chi connectivity index (χ1) is 9.24. The Morgan fingerprint density at radius 3 is 3.00 bits per heavy atom. The molecule has 0 unspecified atom stereocenters. The summed E-state index contributed by atoms with van der Waals surface area (Å²) < 4.78 is 5.03. The lowest BCUT2D eigenvalue weighted by molar-refractivity contribution is -0.119. The molecule has 1 heterocycles. The van der Waals surface area contributed by atoms with E-state index in [1.54, 1.807) is 30.3 Å². The van der Waals surface area contributed by atoms with Crippen molar-refractivity contribution in [1.29, 1.82) is 0 Å². The van der Waals surface area contributed by atoms with E-state index in [2.05, 4.69) is 15.8 Å². The summed E-state index contributed by atoms with van der Waals surface area (Å²) in [6, 6.07) is 10.6. The van der Waals surface area contributed by atoms with Gasteiger partial charge >= 0.3 is 0 Å². The number of halogens is 1. The molecule has 0 aliphatic heterocycles. The molecule has 0 fully saturated rings. The van der Waals surface area contributed by atoms with Crippen molar-refractivity contribution in [2.75, 3.05) is 11.9 Å². The molecule has 1 aromatic carbocycles. The first-order valence-corrected chi connectivity index (χ1v) is 5.97. The van der Waals surface area contributed by atoms with Gasteiger partial charge in [-0.1, -0.05) is 17.7 Å². The number of anilines is 1. The van der Waals surface area contributed by atoms with Crippen molar-refractivity contribution in [3.8, 4) is 0 Å². The summed E-state index contributed by atoms with van der Waals surface area (Å²) in [4.78, 5) is 11.5. The number of hydrazone groups is 1. The Hall–Kier alpha value is -2.27. The van der Waals surface area contributed by atoms with Crippen LogP contribution in [0.2, 0.25) is 5.02 Å². The Balaban J connectivity index is 1.76. The molecule has 6 heteroatoms. The molecule has 0 bridgehead atoms. The standard InChI is InChI=1S/C13H12ClN3O2/c14-10-3-1-4-11(7-10)15-9-13(18)17-16-8-12-5-2-6-19-12/h1-8,15H,9H2,(H,17,18). The number of carbonyl (C=O) groups excluding carboxylic acids is 1. The zero-order valence-electron chi connectivity index (χ0n) is 9.97. The van der Waals surface area contributed by atoms with Gasteiger partial charge in [0, 0.05) is 10.7 Å². The minimum absolute atomic E-state index is 0.107. The summed E-state index contributed by atoms with van der Waals surface area (Å²) in [5.41, 5.74) is 3.16. The van der Waals surface area contributed by atoms with Crippen LogP contribution in [-0.2, 0) is 4.79 Å². The van der Waals surface area contributed by atoms with Crippen molar-refractivity contribution >= 4 is 29.4 Å². The summed E-state index contributed by atoms with van der Waals surface area (Å²) in [5, 5.41) is 7.31. The molecule has 0 aliphatic carbocycles. The monoisotopic (exact) mass is 277 g/mol. The Morgan fingerprint density at radius 2 is 2.26 bits per heavy atom. The highest BCUT2D eigenvalue weighted by Crippen LogP contribution is 2.14. The lowest BCUT2D eigenvalue weighted by Gasteiger charge is -2.05. The van der Waals surface area contributed by atoms with E-state index in [9.17, 15) is 4.79 Å². The van der Waals surface area contributed by atoms with Crippen LogP contribution in [0.1, 0.15) is 5.76 Å². The summed E-state index contributed by atoms with van der Waals surface area (Å²) >= 11 is 5.83. The van der Waals surface area contributed by atoms with Gasteiger partial charge in [0.25, 0.3) is 5.91 Å². The maximum absolute atomic E-state index is 11.5. The number of hydrogen-bond acceptors (Lipinski definition) is 4. The van der Waals surface area contributed by atoms with Crippen molar-refractivity contribution in [2.24, 2.45) is 5.10 Å². The van der Waals surface area contributed by atoms with E-state index in [4.69, 9.17) is 16.0 Å². The van der Waals surface area contributed by atoms with Crippen LogP contribution in [0.3, 0.4) is 0 Å². The van der Waals surface area contributed by atoms with Crippen LogP contribution in [0.25, 0.3) is 0 Å². The number of carbonyl (C=O) groups is 1. The predicted molar refractivity (Wildman–Crippen MR) is 74.4 cm³/mol. The molecule has 0 saturated carbocycles. The Bertz CT molecular complexity index is 567. The first-order valence-electron chi connectivity index (χ1n) is 5.59. The number of furan rings is 1. The zero-order chi connectivity index (χ0) is 13.5. The van der Waals surface area contributed by atoms with E-state index in [0.717, 1.165) is 5.69 Å². The van der Waals surface area contributed by atoms with Crippen molar-refractivity contribution in [2.45, 2.75) is 0 Å². The second-order valence-electron chi connectivity index (χ2n) is 3.67. The Morgan fingerprint density at radius 1 is 1.37 bits per heavy atom. The SMILES string of the molecule is O=C(CNc1cccc(Cl)c1)NN=Cc1ccco1. The van der Waals surface area contributed by atoms with Crippen molar-refractivity contribution in [3.63, 3.8) is 0 Å². The third kappa shape index (κ3) is 4.48. The normalized spacial score (nSPS) is 10.6.